The van der Waals surface area contributed by atoms with Crippen LogP contribution in [0.25, 0.3) is 0 Å². The number of imide groups is 1. The highest BCUT2D eigenvalue weighted by Crippen LogP contribution is 2.32. The number of rotatable bonds is 6. The van der Waals surface area contributed by atoms with E-state index in [-0.39, 0.29) is 30.5 Å². The van der Waals surface area contributed by atoms with Gasteiger partial charge in [0.2, 0.25) is 5.91 Å². The molecule has 2 unspecified atom stereocenters. The van der Waals surface area contributed by atoms with Gasteiger partial charge in [-0.3, -0.25) is 9.59 Å². The van der Waals surface area contributed by atoms with E-state index < -0.39 is 23.8 Å². The summed E-state index contributed by atoms with van der Waals surface area (Å²) in [6.45, 7) is 2.84. The van der Waals surface area contributed by atoms with Crippen LogP contribution in [0.4, 0.5) is 14.9 Å². The second-order valence-corrected chi connectivity index (χ2v) is 7.38. The van der Waals surface area contributed by atoms with Gasteiger partial charge in [0, 0.05) is 6.42 Å². The molecule has 2 atom stereocenters. The van der Waals surface area contributed by atoms with Gasteiger partial charge in [-0.05, 0) is 55.3 Å². The predicted molar refractivity (Wildman–Crippen MR) is 109 cm³/mol. The number of ether oxygens (including phenoxy) is 2. The van der Waals surface area contributed by atoms with Crippen LogP contribution in [-0.2, 0) is 9.59 Å². The topological polar surface area (TPSA) is 97.0 Å². The quantitative estimate of drug-likeness (QED) is 0.691. The molecule has 162 valence electrons. The maximum atomic E-state index is 13.1. The first-order valence-corrected chi connectivity index (χ1v) is 10.0. The minimum atomic E-state index is -0.812. The number of hydrogen-bond donors (Lipinski definition) is 2. The highest BCUT2D eigenvalue weighted by Gasteiger charge is 2.39. The molecule has 2 N–H and O–H groups in total. The van der Waals surface area contributed by atoms with Crippen molar-refractivity contribution in [2.24, 2.45) is 0 Å². The Labute approximate surface area is 178 Å². The van der Waals surface area contributed by atoms with Crippen LogP contribution in [0.15, 0.2) is 42.5 Å². The molecule has 1 saturated heterocycles. The number of amides is 4. The van der Waals surface area contributed by atoms with E-state index in [4.69, 9.17) is 9.47 Å². The van der Waals surface area contributed by atoms with Gasteiger partial charge in [-0.15, -0.1) is 0 Å². The lowest BCUT2D eigenvalue weighted by molar-refractivity contribution is -0.122. The summed E-state index contributed by atoms with van der Waals surface area (Å²) in [7, 11) is 0. The molecule has 2 aliphatic rings. The summed E-state index contributed by atoms with van der Waals surface area (Å²) in [6.07, 6.45) is 0.213. The van der Waals surface area contributed by atoms with Gasteiger partial charge in [-0.1, -0.05) is 6.07 Å². The SMILES string of the molecule is CC(NC(=O)CCC1NC(=O)N(c2ccc(F)cc2)C1=O)c1ccc2c(c1)OCCO2. The molecule has 2 aromatic rings. The molecular formula is C22H22FN3O5. The van der Waals surface area contributed by atoms with Crippen molar-refractivity contribution in [2.45, 2.75) is 31.8 Å². The molecule has 0 saturated carbocycles. The first-order valence-electron chi connectivity index (χ1n) is 10.0. The Hall–Kier alpha value is -3.62. The monoisotopic (exact) mass is 427 g/mol. The number of halogens is 1. The Morgan fingerprint density at radius 1 is 1.16 bits per heavy atom. The average molecular weight is 427 g/mol. The summed E-state index contributed by atoms with van der Waals surface area (Å²) in [5, 5.41) is 5.46. The van der Waals surface area contributed by atoms with Crippen LogP contribution in [0.1, 0.15) is 31.4 Å². The van der Waals surface area contributed by atoms with Crippen LogP contribution in [0.2, 0.25) is 0 Å². The molecule has 2 aliphatic heterocycles. The van der Waals surface area contributed by atoms with Gasteiger partial charge in [-0.25, -0.2) is 14.1 Å². The lowest BCUT2D eigenvalue weighted by Crippen LogP contribution is -2.33. The molecule has 1 fully saturated rings. The highest BCUT2D eigenvalue weighted by atomic mass is 19.1. The molecule has 8 nitrogen and oxygen atoms in total. The molecule has 31 heavy (non-hydrogen) atoms. The number of hydrogen-bond acceptors (Lipinski definition) is 5. The fraction of sp³-hybridized carbons (Fsp3) is 0.318. The fourth-order valence-electron chi connectivity index (χ4n) is 3.56. The van der Waals surface area contributed by atoms with Crippen molar-refractivity contribution >= 4 is 23.5 Å². The maximum Gasteiger partial charge on any atom is 0.329 e. The number of urea groups is 1. The summed E-state index contributed by atoms with van der Waals surface area (Å²) in [5.74, 6) is 0.143. The van der Waals surface area contributed by atoms with Crippen LogP contribution < -0.4 is 25.0 Å². The Kier molecular flexibility index (Phi) is 5.75. The third kappa shape index (κ3) is 4.45. The first-order chi connectivity index (χ1) is 14.9. The third-order valence-electron chi connectivity index (χ3n) is 5.21. The zero-order valence-corrected chi connectivity index (χ0v) is 16.9. The molecule has 2 heterocycles. The third-order valence-corrected chi connectivity index (χ3v) is 5.21. The summed E-state index contributed by atoms with van der Waals surface area (Å²) >= 11 is 0. The van der Waals surface area contributed by atoms with Gasteiger partial charge in [0.05, 0.1) is 11.7 Å². The molecule has 2 aromatic carbocycles. The smallest absolute Gasteiger partial charge is 0.329 e. The number of fused-ring (bicyclic) bond motifs is 1. The van der Waals surface area contributed by atoms with Gasteiger partial charge in [0.1, 0.15) is 25.1 Å². The minimum absolute atomic E-state index is 0.0584. The number of carbonyl (C=O) groups excluding carboxylic acids is 3. The van der Waals surface area contributed by atoms with Gasteiger partial charge in [-0.2, -0.15) is 0 Å². The van der Waals surface area contributed by atoms with Gasteiger partial charge in [0.25, 0.3) is 5.91 Å². The Morgan fingerprint density at radius 2 is 1.87 bits per heavy atom. The van der Waals surface area contributed by atoms with Crippen molar-refractivity contribution in [3.05, 3.63) is 53.8 Å². The van der Waals surface area contributed by atoms with Gasteiger partial charge in [0.15, 0.2) is 11.5 Å². The largest absolute Gasteiger partial charge is 0.486 e. The van der Waals surface area contributed by atoms with Crippen LogP contribution in [0.3, 0.4) is 0 Å². The Balaban J connectivity index is 1.32. The van der Waals surface area contributed by atoms with Crippen molar-refractivity contribution in [3.8, 4) is 11.5 Å². The van der Waals surface area contributed by atoms with Crippen molar-refractivity contribution in [3.63, 3.8) is 0 Å². The molecule has 4 rings (SSSR count). The summed E-state index contributed by atoms with van der Waals surface area (Å²) in [5.41, 5.74) is 1.15. The minimum Gasteiger partial charge on any atom is -0.486 e. The standard InChI is InChI=1S/C22H22FN3O5/c1-13(14-2-8-18-19(12-14)31-11-10-30-18)24-20(27)9-7-17-21(28)26(22(29)25-17)16-5-3-15(23)4-6-16/h2-6,8,12-13,17H,7,9-11H2,1H3,(H,24,27)(H,25,29). The summed E-state index contributed by atoms with van der Waals surface area (Å²) in [6, 6.07) is 8.90. The lowest BCUT2D eigenvalue weighted by atomic mass is 10.1. The van der Waals surface area contributed by atoms with Crippen LogP contribution in [-0.4, -0.2) is 37.1 Å². The van der Waals surface area contributed by atoms with E-state index in [0.717, 1.165) is 10.5 Å². The second-order valence-electron chi connectivity index (χ2n) is 7.38. The van der Waals surface area contributed by atoms with E-state index in [9.17, 15) is 18.8 Å². The van der Waals surface area contributed by atoms with E-state index in [1.807, 2.05) is 25.1 Å². The number of carbonyl (C=O) groups is 3. The fourth-order valence-corrected chi connectivity index (χ4v) is 3.56. The normalized spacial score (nSPS) is 18.5. The number of nitrogens with one attached hydrogen (secondary N) is 2. The molecule has 0 spiro atoms. The van der Waals surface area contributed by atoms with Crippen molar-refractivity contribution in [1.29, 1.82) is 0 Å². The van der Waals surface area contributed by atoms with Gasteiger partial charge < -0.3 is 20.1 Å². The van der Waals surface area contributed by atoms with E-state index in [1.54, 1.807) is 0 Å². The number of anilines is 1. The number of benzene rings is 2. The van der Waals surface area contributed by atoms with Crippen LogP contribution >= 0.6 is 0 Å². The summed E-state index contributed by atoms with van der Waals surface area (Å²) in [4.78, 5) is 38.1. The van der Waals surface area contributed by atoms with Crippen molar-refractivity contribution < 1.29 is 28.2 Å². The predicted octanol–water partition coefficient (Wildman–Crippen LogP) is 2.68. The van der Waals surface area contributed by atoms with E-state index in [1.165, 1.54) is 24.3 Å². The Morgan fingerprint density at radius 3 is 2.61 bits per heavy atom. The van der Waals surface area contributed by atoms with Crippen LogP contribution in [0, 0.1) is 5.82 Å². The summed E-state index contributed by atoms with van der Waals surface area (Å²) < 4.78 is 24.2. The zero-order valence-electron chi connectivity index (χ0n) is 16.9. The second kappa shape index (κ2) is 8.63. The highest BCUT2D eigenvalue weighted by molar-refractivity contribution is 6.21. The average Bonchev–Trinajstić information content (AvgIpc) is 3.05. The molecular weight excluding hydrogens is 405 g/mol. The molecule has 0 radical (unpaired) electrons. The van der Waals surface area contributed by atoms with Crippen molar-refractivity contribution in [1.82, 2.24) is 10.6 Å². The molecule has 0 aromatic heterocycles. The number of nitrogens with zero attached hydrogens (tertiary/aromatic N) is 1. The lowest BCUT2D eigenvalue weighted by Gasteiger charge is -2.21. The van der Waals surface area contributed by atoms with E-state index >= 15 is 0 Å². The van der Waals surface area contributed by atoms with E-state index in [0.29, 0.717) is 24.7 Å². The van der Waals surface area contributed by atoms with Gasteiger partial charge >= 0.3 is 6.03 Å². The molecule has 4 amide bonds. The van der Waals surface area contributed by atoms with Crippen LogP contribution in [0.5, 0.6) is 11.5 Å². The maximum absolute atomic E-state index is 13.1. The zero-order chi connectivity index (χ0) is 22.0. The van der Waals surface area contributed by atoms with E-state index in [2.05, 4.69) is 10.6 Å². The van der Waals surface area contributed by atoms with Crippen molar-refractivity contribution in [2.75, 3.05) is 18.1 Å². The first kappa shape index (κ1) is 20.6. The molecule has 0 aliphatic carbocycles. The molecule has 0 bridgehead atoms. The molecule has 9 heteroatoms. The Bertz CT molecular complexity index is 1010.